The number of nitrogens with zero attached hydrogens (tertiary/aromatic N) is 2. The van der Waals surface area contributed by atoms with E-state index in [1.807, 2.05) is 0 Å². The van der Waals surface area contributed by atoms with Crippen LogP contribution in [0, 0.1) is 10.1 Å². The molecule has 1 aliphatic rings. The molecule has 1 aliphatic heterocycles. The van der Waals surface area contributed by atoms with Crippen LogP contribution in [0.5, 0.6) is 11.5 Å². The highest BCUT2D eigenvalue weighted by Crippen LogP contribution is 2.42. The zero-order chi connectivity index (χ0) is 23.4. The van der Waals surface area contributed by atoms with Crippen LogP contribution in [0.1, 0.15) is 25.0 Å². The molecule has 11 heteroatoms. The Balaban J connectivity index is 1.98. The van der Waals surface area contributed by atoms with E-state index < -0.39 is 27.7 Å². The molecule has 1 heterocycles. The molecule has 0 radical (unpaired) electrons. The second-order valence-corrected chi connectivity index (χ2v) is 7.94. The Morgan fingerprint density at radius 1 is 1.22 bits per heavy atom. The zero-order valence-electron chi connectivity index (χ0n) is 17.0. The topological polar surface area (TPSA) is 116 Å². The molecule has 0 bridgehead atoms. The standard InChI is InChI=1S/C21H17ClN2O7S/c1-3-30-19-16(31-12(2)25)9-6-14(18(19)24(28)29)10-17-20(26)23(21(27)32-17)11-13-4-7-15(22)8-5-13/h4-10H,3,11H2,1-2H3/b17-10-. The van der Waals surface area contributed by atoms with E-state index in [4.69, 9.17) is 21.1 Å². The highest BCUT2D eigenvalue weighted by Gasteiger charge is 2.36. The van der Waals surface area contributed by atoms with Gasteiger partial charge < -0.3 is 9.47 Å². The largest absolute Gasteiger partial charge is 0.485 e. The number of nitro groups is 1. The molecule has 1 fully saturated rings. The van der Waals surface area contributed by atoms with Crippen molar-refractivity contribution in [2.75, 3.05) is 6.61 Å². The average Bonchev–Trinajstić information content (AvgIpc) is 2.98. The molecule has 0 unspecified atom stereocenters. The van der Waals surface area contributed by atoms with Gasteiger partial charge in [0.25, 0.3) is 11.1 Å². The lowest BCUT2D eigenvalue weighted by Gasteiger charge is -2.13. The summed E-state index contributed by atoms with van der Waals surface area (Å²) in [6.45, 7) is 2.90. The Kier molecular flexibility index (Phi) is 7.16. The van der Waals surface area contributed by atoms with E-state index in [0.717, 1.165) is 11.8 Å². The van der Waals surface area contributed by atoms with E-state index in [9.17, 15) is 24.5 Å². The molecule has 32 heavy (non-hydrogen) atoms. The first kappa shape index (κ1) is 23.3. The number of rotatable bonds is 7. The molecule has 0 N–H and O–H groups in total. The average molecular weight is 477 g/mol. The van der Waals surface area contributed by atoms with Crippen molar-refractivity contribution in [3.05, 3.63) is 67.6 Å². The molecule has 1 saturated heterocycles. The zero-order valence-corrected chi connectivity index (χ0v) is 18.6. The lowest BCUT2D eigenvalue weighted by molar-refractivity contribution is -0.386. The van der Waals surface area contributed by atoms with E-state index in [-0.39, 0.29) is 35.1 Å². The number of hydrogen-bond donors (Lipinski definition) is 0. The number of nitro benzene ring substituents is 1. The quantitative estimate of drug-likeness (QED) is 0.184. The van der Waals surface area contributed by atoms with Gasteiger partial charge in [0.1, 0.15) is 0 Å². The fourth-order valence-corrected chi connectivity index (χ4v) is 3.90. The summed E-state index contributed by atoms with van der Waals surface area (Å²) < 4.78 is 10.4. The summed E-state index contributed by atoms with van der Waals surface area (Å²) in [4.78, 5) is 48.7. The summed E-state index contributed by atoms with van der Waals surface area (Å²) in [5, 5.41) is 11.8. The third-order valence-corrected chi connectivity index (χ3v) is 5.43. The first-order valence-electron chi connectivity index (χ1n) is 9.33. The van der Waals surface area contributed by atoms with Crippen molar-refractivity contribution < 1.29 is 28.8 Å². The molecule has 3 rings (SSSR count). The van der Waals surface area contributed by atoms with Gasteiger partial charge >= 0.3 is 11.7 Å². The normalized spacial score (nSPS) is 14.7. The first-order valence-corrected chi connectivity index (χ1v) is 10.5. The minimum Gasteiger partial charge on any atom is -0.485 e. The Bertz CT molecular complexity index is 1130. The maximum absolute atomic E-state index is 12.8. The molecule has 0 atom stereocenters. The lowest BCUT2D eigenvalue weighted by atomic mass is 10.1. The SMILES string of the molecule is CCOc1c(OC(C)=O)ccc(/C=C2\SC(=O)N(Cc3ccc(Cl)cc3)C2=O)c1[N+](=O)[O-]. The van der Waals surface area contributed by atoms with Crippen LogP contribution >= 0.6 is 23.4 Å². The van der Waals surface area contributed by atoms with Gasteiger partial charge in [-0.05, 0) is 54.6 Å². The highest BCUT2D eigenvalue weighted by atomic mass is 35.5. The number of carbonyl (C=O) groups is 3. The fourth-order valence-electron chi connectivity index (χ4n) is 2.94. The molecule has 0 saturated carbocycles. The summed E-state index contributed by atoms with van der Waals surface area (Å²) in [7, 11) is 0. The van der Waals surface area contributed by atoms with E-state index >= 15 is 0 Å². The fraction of sp³-hybridized carbons (Fsp3) is 0.190. The van der Waals surface area contributed by atoms with Gasteiger partial charge in [-0.1, -0.05) is 23.7 Å². The Morgan fingerprint density at radius 2 is 1.91 bits per heavy atom. The van der Waals surface area contributed by atoms with Crippen LogP contribution in [0.3, 0.4) is 0 Å². The monoisotopic (exact) mass is 476 g/mol. The molecule has 0 spiro atoms. The molecule has 2 amide bonds. The second-order valence-electron chi connectivity index (χ2n) is 6.51. The number of esters is 1. The van der Waals surface area contributed by atoms with Crippen molar-refractivity contribution in [3.8, 4) is 11.5 Å². The lowest BCUT2D eigenvalue weighted by Crippen LogP contribution is -2.27. The molecule has 0 aromatic heterocycles. The van der Waals surface area contributed by atoms with Crippen LogP contribution in [0.4, 0.5) is 10.5 Å². The molecule has 9 nitrogen and oxygen atoms in total. The van der Waals surface area contributed by atoms with Crippen molar-refractivity contribution in [2.24, 2.45) is 0 Å². The molecule has 2 aromatic carbocycles. The van der Waals surface area contributed by atoms with Crippen LogP contribution in [0.2, 0.25) is 5.02 Å². The second kappa shape index (κ2) is 9.84. The number of amides is 2. The summed E-state index contributed by atoms with van der Waals surface area (Å²) >= 11 is 6.54. The minimum absolute atomic E-state index is 0.0229. The predicted molar refractivity (Wildman–Crippen MR) is 119 cm³/mol. The van der Waals surface area contributed by atoms with Crippen LogP contribution in [0.15, 0.2) is 41.3 Å². The third kappa shape index (κ3) is 5.09. The van der Waals surface area contributed by atoms with E-state index in [1.54, 1.807) is 31.2 Å². The van der Waals surface area contributed by atoms with Gasteiger partial charge in [-0.25, -0.2) is 0 Å². The van der Waals surface area contributed by atoms with Crippen LogP contribution < -0.4 is 9.47 Å². The molecule has 0 aliphatic carbocycles. The molecule has 2 aromatic rings. The van der Waals surface area contributed by atoms with Crippen LogP contribution in [-0.2, 0) is 16.1 Å². The van der Waals surface area contributed by atoms with E-state index in [0.29, 0.717) is 22.3 Å². The minimum atomic E-state index is -0.693. The van der Waals surface area contributed by atoms with Gasteiger partial charge in [-0.2, -0.15) is 0 Å². The smallest absolute Gasteiger partial charge is 0.322 e. The van der Waals surface area contributed by atoms with Crippen LogP contribution in [0.25, 0.3) is 6.08 Å². The maximum atomic E-state index is 12.8. The summed E-state index contributed by atoms with van der Waals surface area (Å²) in [6.07, 6.45) is 1.25. The molecular formula is C21H17ClN2O7S. The Hall–Kier alpha value is -3.37. The van der Waals surface area contributed by atoms with E-state index in [2.05, 4.69) is 0 Å². The van der Waals surface area contributed by atoms with Crippen molar-refractivity contribution in [1.29, 1.82) is 0 Å². The predicted octanol–water partition coefficient (Wildman–Crippen LogP) is 4.81. The molecule has 166 valence electrons. The van der Waals surface area contributed by atoms with Crippen molar-refractivity contribution in [1.82, 2.24) is 4.90 Å². The van der Waals surface area contributed by atoms with E-state index in [1.165, 1.54) is 18.2 Å². The number of halogens is 1. The number of hydrogen-bond acceptors (Lipinski definition) is 8. The van der Waals surface area contributed by atoms with Gasteiger partial charge in [0.15, 0.2) is 5.75 Å². The number of thioether (sulfide) groups is 1. The maximum Gasteiger partial charge on any atom is 0.322 e. The van der Waals surface area contributed by atoms with Gasteiger partial charge in [0, 0.05) is 11.9 Å². The number of ether oxygens (including phenoxy) is 2. The number of benzene rings is 2. The summed E-state index contributed by atoms with van der Waals surface area (Å²) in [6, 6.07) is 9.35. The highest BCUT2D eigenvalue weighted by molar-refractivity contribution is 8.18. The van der Waals surface area contributed by atoms with Crippen molar-refractivity contribution in [2.45, 2.75) is 20.4 Å². The Morgan fingerprint density at radius 3 is 2.50 bits per heavy atom. The van der Waals surface area contributed by atoms with Gasteiger partial charge in [-0.15, -0.1) is 0 Å². The molecular weight excluding hydrogens is 460 g/mol. The van der Waals surface area contributed by atoms with Crippen molar-refractivity contribution >= 4 is 52.2 Å². The van der Waals surface area contributed by atoms with Gasteiger partial charge in [0.05, 0.1) is 28.5 Å². The summed E-state index contributed by atoms with van der Waals surface area (Å²) in [5.41, 5.74) is 0.259. The van der Waals surface area contributed by atoms with Crippen molar-refractivity contribution in [3.63, 3.8) is 0 Å². The number of carbonyl (C=O) groups excluding carboxylic acids is 3. The van der Waals surface area contributed by atoms with Gasteiger partial charge in [-0.3, -0.25) is 29.4 Å². The first-order chi connectivity index (χ1) is 15.2. The van der Waals surface area contributed by atoms with Crippen LogP contribution in [-0.4, -0.2) is 33.5 Å². The third-order valence-electron chi connectivity index (χ3n) is 4.27. The Labute approximate surface area is 192 Å². The van der Waals surface area contributed by atoms with Gasteiger partial charge in [0.2, 0.25) is 5.75 Å². The summed E-state index contributed by atoms with van der Waals surface area (Å²) in [5.74, 6) is -1.59. The number of imide groups is 1.